The van der Waals surface area contributed by atoms with Crippen LogP contribution in [0.3, 0.4) is 0 Å². The Hall–Kier alpha value is -2.63. The molecule has 0 amide bonds. The van der Waals surface area contributed by atoms with E-state index in [1.165, 1.54) is 24.3 Å². The second-order valence-electron chi connectivity index (χ2n) is 3.74. The molecular formula is C13H9F2NO3. The fourth-order valence-electron chi connectivity index (χ4n) is 1.47. The summed E-state index contributed by atoms with van der Waals surface area (Å²) in [6.07, 6.45) is 0. The van der Waals surface area contributed by atoms with Gasteiger partial charge in [0.15, 0.2) is 11.6 Å². The van der Waals surface area contributed by atoms with Crippen LogP contribution in [0.1, 0.15) is 10.4 Å². The highest BCUT2D eigenvalue weighted by Gasteiger charge is 2.13. The van der Waals surface area contributed by atoms with Crippen molar-refractivity contribution in [1.82, 2.24) is 0 Å². The van der Waals surface area contributed by atoms with Gasteiger partial charge in [0.25, 0.3) is 0 Å². The summed E-state index contributed by atoms with van der Waals surface area (Å²) in [7, 11) is 0. The Labute approximate surface area is 107 Å². The van der Waals surface area contributed by atoms with Gasteiger partial charge in [-0.1, -0.05) is 0 Å². The Morgan fingerprint density at radius 1 is 1.11 bits per heavy atom. The van der Waals surface area contributed by atoms with E-state index in [0.717, 1.165) is 12.1 Å². The third kappa shape index (κ3) is 2.79. The van der Waals surface area contributed by atoms with Gasteiger partial charge < -0.3 is 15.6 Å². The number of aromatic carboxylic acids is 1. The fourth-order valence-corrected chi connectivity index (χ4v) is 1.47. The van der Waals surface area contributed by atoms with E-state index in [2.05, 4.69) is 0 Å². The third-order valence-corrected chi connectivity index (χ3v) is 2.35. The first-order chi connectivity index (χ1) is 8.97. The van der Waals surface area contributed by atoms with Crippen molar-refractivity contribution in [3.05, 3.63) is 53.6 Å². The molecule has 0 atom stereocenters. The van der Waals surface area contributed by atoms with Crippen LogP contribution in [-0.4, -0.2) is 11.1 Å². The van der Waals surface area contributed by atoms with Gasteiger partial charge in [0.1, 0.15) is 17.1 Å². The highest BCUT2D eigenvalue weighted by molar-refractivity contribution is 5.91. The molecule has 2 aromatic carbocycles. The lowest BCUT2D eigenvalue weighted by atomic mass is 10.2. The first-order valence-corrected chi connectivity index (χ1v) is 5.23. The molecule has 98 valence electrons. The Kier molecular flexibility index (Phi) is 3.33. The lowest BCUT2D eigenvalue weighted by molar-refractivity contribution is 0.0694. The standard InChI is InChI=1S/C13H9F2NO3/c14-10-4-2-8(6-11(10)15)19-12-5-7(16)1-3-9(12)13(17)18/h1-6H,16H2,(H,17,18). The van der Waals surface area contributed by atoms with Crippen molar-refractivity contribution in [2.24, 2.45) is 0 Å². The molecule has 2 rings (SSSR count). The number of nitrogens with two attached hydrogens (primary N) is 1. The highest BCUT2D eigenvalue weighted by atomic mass is 19.2. The molecule has 0 aliphatic heterocycles. The second kappa shape index (κ2) is 4.93. The molecule has 0 bridgehead atoms. The molecule has 6 heteroatoms. The maximum Gasteiger partial charge on any atom is 0.339 e. The molecule has 0 spiro atoms. The minimum Gasteiger partial charge on any atom is -0.478 e. The zero-order valence-corrected chi connectivity index (χ0v) is 9.56. The zero-order chi connectivity index (χ0) is 14.0. The van der Waals surface area contributed by atoms with Gasteiger partial charge in [0.05, 0.1) is 0 Å². The summed E-state index contributed by atoms with van der Waals surface area (Å²) in [4.78, 5) is 11.0. The van der Waals surface area contributed by atoms with Gasteiger partial charge in [0, 0.05) is 17.8 Å². The molecule has 19 heavy (non-hydrogen) atoms. The van der Waals surface area contributed by atoms with Crippen LogP contribution in [0.2, 0.25) is 0 Å². The molecule has 0 heterocycles. The largest absolute Gasteiger partial charge is 0.478 e. The van der Waals surface area contributed by atoms with Crippen LogP contribution in [0.4, 0.5) is 14.5 Å². The van der Waals surface area contributed by atoms with Crippen LogP contribution in [0.15, 0.2) is 36.4 Å². The molecule has 3 N–H and O–H groups in total. The van der Waals surface area contributed by atoms with Crippen molar-refractivity contribution in [2.45, 2.75) is 0 Å². The molecule has 4 nitrogen and oxygen atoms in total. The normalized spacial score (nSPS) is 10.2. The Balaban J connectivity index is 2.39. The minimum atomic E-state index is -1.21. The van der Waals surface area contributed by atoms with Crippen molar-refractivity contribution >= 4 is 11.7 Å². The number of carboxylic acids is 1. The van der Waals surface area contributed by atoms with E-state index >= 15 is 0 Å². The maximum absolute atomic E-state index is 13.0. The number of ether oxygens (including phenoxy) is 1. The van der Waals surface area contributed by atoms with Crippen molar-refractivity contribution in [2.75, 3.05) is 5.73 Å². The minimum absolute atomic E-state index is 0.0213. The monoisotopic (exact) mass is 265 g/mol. The predicted molar refractivity (Wildman–Crippen MR) is 64.2 cm³/mol. The maximum atomic E-state index is 13.0. The van der Waals surface area contributed by atoms with Crippen LogP contribution >= 0.6 is 0 Å². The van der Waals surface area contributed by atoms with Gasteiger partial charge in [0.2, 0.25) is 0 Å². The molecule has 0 unspecified atom stereocenters. The molecule has 0 aromatic heterocycles. The summed E-state index contributed by atoms with van der Waals surface area (Å²) >= 11 is 0. The Morgan fingerprint density at radius 3 is 2.47 bits per heavy atom. The number of carboxylic acid groups (broad SMARTS) is 1. The van der Waals surface area contributed by atoms with Gasteiger partial charge in [-0.3, -0.25) is 0 Å². The van der Waals surface area contributed by atoms with Crippen LogP contribution < -0.4 is 10.5 Å². The third-order valence-electron chi connectivity index (χ3n) is 2.35. The van der Waals surface area contributed by atoms with Gasteiger partial charge in [-0.25, -0.2) is 13.6 Å². The number of carbonyl (C=O) groups is 1. The number of halogens is 2. The predicted octanol–water partition coefficient (Wildman–Crippen LogP) is 3.04. The first-order valence-electron chi connectivity index (χ1n) is 5.23. The Bertz CT molecular complexity index is 644. The number of hydrogen-bond donors (Lipinski definition) is 2. The number of benzene rings is 2. The van der Waals surface area contributed by atoms with E-state index in [1.807, 2.05) is 0 Å². The van der Waals surface area contributed by atoms with Crippen molar-refractivity contribution < 1.29 is 23.4 Å². The van der Waals surface area contributed by atoms with Gasteiger partial charge in [-0.2, -0.15) is 0 Å². The SMILES string of the molecule is Nc1ccc(C(=O)O)c(Oc2ccc(F)c(F)c2)c1. The smallest absolute Gasteiger partial charge is 0.339 e. The van der Waals surface area contributed by atoms with E-state index in [1.54, 1.807) is 0 Å². The second-order valence-corrected chi connectivity index (χ2v) is 3.74. The van der Waals surface area contributed by atoms with E-state index < -0.39 is 17.6 Å². The lowest BCUT2D eigenvalue weighted by Crippen LogP contribution is -2.01. The average molecular weight is 265 g/mol. The number of hydrogen-bond acceptors (Lipinski definition) is 3. The molecule has 0 radical (unpaired) electrons. The molecular weight excluding hydrogens is 256 g/mol. The molecule has 0 saturated heterocycles. The topological polar surface area (TPSA) is 72.6 Å². The summed E-state index contributed by atoms with van der Waals surface area (Å²) in [5.74, 6) is -3.38. The molecule has 0 fully saturated rings. The van der Waals surface area contributed by atoms with E-state index in [-0.39, 0.29) is 17.1 Å². The van der Waals surface area contributed by atoms with Gasteiger partial charge >= 0.3 is 5.97 Å². The summed E-state index contributed by atoms with van der Waals surface area (Å²) in [5, 5.41) is 8.98. The summed E-state index contributed by atoms with van der Waals surface area (Å²) in [5.41, 5.74) is 5.70. The van der Waals surface area contributed by atoms with Crippen LogP contribution in [0.5, 0.6) is 11.5 Å². The van der Waals surface area contributed by atoms with E-state index in [0.29, 0.717) is 5.69 Å². The number of rotatable bonds is 3. The van der Waals surface area contributed by atoms with Crippen molar-refractivity contribution in [3.8, 4) is 11.5 Å². The van der Waals surface area contributed by atoms with E-state index in [4.69, 9.17) is 15.6 Å². The summed E-state index contributed by atoms with van der Waals surface area (Å²) in [6.45, 7) is 0. The van der Waals surface area contributed by atoms with Crippen molar-refractivity contribution in [1.29, 1.82) is 0 Å². The van der Waals surface area contributed by atoms with Gasteiger partial charge in [-0.15, -0.1) is 0 Å². The Morgan fingerprint density at radius 2 is 1.84 bits per heavy atom. The summed E-state index contributed by atoms with van der Waals surface area (Å²) < 4.78 is 31.0. The molecule has 0 saturated carbocycles. The van der Waals surface area contributed by atoms with Gasteiger partial charge in [-0.05, 0) is 24.3 Å². The molecule has 2 aromatic rings. The number of nitrogen functional groups attached to an aromatic ring is 1. The average Bonchev–Trinajstić information content (AvgIpc) is 2.33. The first kappa shape index (κ1) is 12.8. The lowest BCUT2D eigenvalue weighted by Gasteiger charge is -2.09. The van der Waals surface area contributed by atoms with E-state index in [9.17, 15) is 13.6 Å². The van der Waals surface area contributed by atoms with Crippen molar-refractivity contribution in [3.63, 3.8) is 0 Å². The van der Waals surface area contributed by atoms with Crippen LogP contribution in [0, 0.1) is 11.6 Å². The quantitative estimate of drug-likeness (QED) is 0.836. The summed E-state index contributed by atoms with van der Waals surface area (Å²) in [6, 6.07) is 6.87. The molecule has 0 aliphatic rings. The number of anilines is 1. The fraction of sp³-hybridized carbons (Fsp3) is 0. The highest BCUT2D eigenvalue weighted by Crippen LogP contribution is 2.28. The van der Waals surface area contributed by atoms with Crippen LogP contribution in [0.25, 0.3) is 0 Å². The van der Waals surface area contributed by atoms with Crippen LogP contribution in [-0.2, 0) is 0 Å². The molecule has 0 aliphatic carbocycles. The zero-order valence-electron chi connectivity index (χ0n) is 9.56.